The molecule has 0 spiro atoms. The molecule has 0 aliphatic carbocycles. The van der Waals surface area contributed by atoms with E-state index in [9.17, 15) is 9.59 Å². The second-order valence-electron chi connectivity index (χ2n) is 6.62. The molecule has 1 saturated heterocycles. The molecule has 1 heterocycles. The Morgan fingerprint density at radius 1 is 1.04 bits per heavy atom. The van der Waals surface area contributed by atoms with Crippen LogP contribution in [-0.4, -0.2) is 41.7 Å². The van der Waals surface area contributed by atoms with E-state index in [2.05, 4.69) is 0 Å². The van der Waals surface area contributed by atoms with E-state index in [4.69, 9.17) is 11.6 Å². The largest absolute Gasteiger partial charge is 0.338 e. The minimum Gasteiger partial charge on any atom is -0.338 e. The number of hydrogen-bond acceptors (Lipinski definition) is 2. The summed E-state index contributed by atoms with van der Waals surface area (Å²) in [6.07, 6.45) is 1.49. The first-order chi connectivity index (χ1) is 12.6. The van der Waals surface area contributed by atoms with Gasteiger partial charge < -0.3 is 9.80 Å². The third-order valence-corrected chi connectivity index (χ3v) is 5.06. The van der Waals surface area contributed by atoms with E-state index in [1.807, 2.05) is 66.4 Å². The molecule has 4 nitrogen and oxygen atoms in total. The highest BCUT2D eigenvalue weighted by molar-refractivity contribution is 6.29. The quantitative estimate of drug-likeness (QED) is 0.766. The molecule has 0 aromatic heterocycles. The molecule has 1 aliphatic heterocycles. The van der Waals surface area contributed by atoms with Crippen LogP contribution in [0.25, 0.3) is 0 Å². The van der Waals surface area contributed by atoms with Crippen molar-refractivity contribution in [1.82, 2.24) is 4.90 Å². The minimum atomic E-state index is -0.0961. The summed E-state index contributed by atoms with van der Waals surface area (Å²) in [6.45, 7) is 3.28. The van der Waals surface area contributed by atoms with Gasteiger partial charge in [-0.3, -0.25) is 9.59 Å². The number of hydrogen-bond donors (Lipinski definition) is 0. The van der Waals surface area contributed by atoms with E-state index in [-0.39, 0.29) is 23.7 Å². The number of likely N-dealkylation sites (tertiary alicyclic amines) is 1. The summed E-state index contributed by atoms with van der Waals surface area (Å²) < 4.78 is 0. The molecule has 136 valence electrons. The summed E-state index contributed by atoms with van der Waals surface area (Å²) in [6, 6.07) is 17.3. The van der Waals surface area contributed by atoms with Crippen LogP contribution in [0.3, 0.4) is 0 Å². The lowest BCUT2D eigenvalue weighted by Crippen LogP contribution is -2.49. The maximum atomic E-state index is 12.7. The van der Waals surface area contributed by atoms with Gasteiger partial charge >= 0.3 is 0 Å². The van der Waals surface area contributed by atoms with Crippen molar-refractivity contribution >= 4 is 29.1 Å². The zero-order chi connectivity index (χ0) is 18.5. The molecule has 5 heteroatoms. The van der Waals surface area contributed by atoms with E-state index in [0.717, 1.165) is 24.1 Å². The number of nitrogens with zero attached hydrogens (tertiary/aromatic N) is 2. The van der Waals surface area contributed by atoms with Gasteiger partial charge in [-0.05, 0) is 44.0 Å². The van der Waals surface area contributed by atoms with Crippen molar-refractivity contribution in [2.75, 3.05) is 23.9 Å². The number of para-hydroxylation sites is 1. The van der Waals surface area contributed by atoms with Crippen LogP contribution >= 0.6 is 11.6 Å². The Morgan fingerprint density at radius 2 is 1.65 bits per heavy atom. The maximum Gasteiger partial charge on any atom is 0.253 e. The van der Waals surface area contributed by atoms with Gasteiger partial charge in [-0.1, -0.05) is 35.9 Å². The Bertz CT molecular complexity index is 753. The highest BCUT2D eigenvalue weighted by Gasteiger charge is 2.30. The fraction of sp³-hybridized carbons (Fsp3) is 0.333. The summed E-state index contributed by atoms with van der Waals surface area (Å²) in [5.41, 5.74) is 2.71. The number of halogens is 1. The van der Waals surface area contributed by atoms with Crippen LogP contribution in [0.15, 0.2) is 54.6 Å². The molecule has 0 N–H and O–H groups in total. The highest BCUT2D eigenvalue weighted by Crippen LogP contribution is 2.25. The van der Waals surface area contributed by atoms with Crippen molar-refractivity contribution in [3.05, 3.63) is 65.7 Å². The molecule has 0 atom stereocenters. The maximum absolute atomic E-state index is 12.7. The number of carbonyl (C=O) groups excluding carboxylic acids is 2. The van der Waals surface area contributed by atoms with Crippen molar-refractivity contribution in [2.45, 2.75) is 25.8 Å². The third-order valence-electron chi connectivity index (χ3n) is 4.83. The molecule has 2 amide bonds. The SMILES string of the molecule is Cc1ccc(C(=O)N2CCC(N(C(=O)CCl)c3ccccc3)CC2)cc1. The molecule has 1 fully saturated rings. The van der Waals surface area contributed by atoms with Gasteiger partial charge in [0.05, 0.1) is 0 Å². The Labute approximate surface area is 159 Å². The van der Waals surface area contributed by atoms with Gasteiger partial charge in [0, 0.05) is 30.4 Å². The van der Waals surface area contributed by atoms with E-state index < -0.39 is 0 Å². The Morgan fingerprint density at radius 3 is 2.23 bits per heavy atom. The van der Waals surface area contributed by atoms with Crippen molar-refractivity contribution in [3.63, 3.8) is 0 Å². The Kier molecular flexibility index (Phi) is 5.94. The summed E-state index contributed by atoms with van der Waals surface area (Å²) in [4.78, 5) is 28.7. The van der Waals surface area contributed by atoms with Gasteiger partial charge in [0.15, 0.2) is 0 Å². The molecule has 26 heavy (non-hydrogen) atoms. The van der Waals surface area contributed by atoms with Crippen molar-refractivity contribution < 1.29 is 9.59 Å². The summed E-state index contributed by atoms with van der Waals surface area (Å²) in [5, 5.41) is 0. The molecule has 1 aliphatic rings. The van der Waals surface area contributed by atoms with Gasteiger partial charge in [-0.25, -0.2) is 0 Å². The van der Waals surface area contributed by atoms with Crippen molar-refractivity contribution in [1.29, 1.82) is 0 Å². The fourth-order valence-electron chi connectivity index (χ4n) is 3.42. The smallest absolute Gasteiger partial charge is 0.253 e. The van der Waals surface area contributed by atoms with Crippen LogP contribution in [0.1, 0.15) is 28.8 Å². The lowest BCUT2D eigenvalue weighted by Gasteiger charge is -2.38. The van der Waals surface area contributed by atoms with Gasteiger partial charge in [0.1, 0.15) is 5.88 Å². The molecular formula is C21H23ClN2O2. The second-order valence-corrected chi connectivity index (χ2v) is 6.89. The number of anilines is 1. The van der Waals surface area contributed by atoms with E-state index in [1.165, 1.54) is 0 Å². The first-order valence-electron chi connectivity index (χ1n) is 8.89. The zero-order valence-corrected chi connectivity index (χ0v) is 15.7. The van der Waals surface area contributed by atoms with Crippen LogP contribution in [0.5, 0.6) is 0 Å². The van der Waals surface area contributed by atoms with Crippen LogP contribution in [0.2, 0.25) is 0 Å². The topological polar surface area (TPSA) is 40.6 Å². The lowest BCUT2D eigenvalue weighted by atomic mass is 10.0. The summed E-state index contributed by atoms with van der Waals surface area (Å²) in [7, 11) is 0. The molecule has 2 aromatic carbocycles. The van der Waals surface area contributed by atoms with Crippen LogP contribution in [-0.2, 0) is 4.79 Å². The number of aryl methyl sites for hydroxylation is 1. The van der Waals surface area contributed by atoms with Crippen molar-refractivity contribution in [2.24, 2.45) is 0 Å². The standard InChI is InChI=1S/C21H23ClN2O2/c1-16-7-9-17(10-8-16)21(26)23-13-11-19(12-14-23)24(20(25)15-22)18-5-3-2-4-6-18/h2-10,19H,11-15H2,1H3. The Balaban J connectivity index is 1.69. The average Bonchev–Trinajstić information content (AvgIpc) is 2.69. The minimum absolute atomic E-state index is 0.0442. The Hall–Kier alpha value is -2.33. The molecule has 0 saturated carbocycles. The number of amides is 2. The lowest BCUT2D eigenvalue weighted by molar-refractivity contribution is -0.116. The third kappa shape index (κ3) is 4.07. The first-order valence-corrected chi connectivity index (χ1v) is 9.42. The fourth-order valence-corrected chi connectivity index (χ4v) is 3.55. The first kappa shape index (κ1) is 18.5. The second kappa shape index (κ2) is 8.37. The number of alkyl halides is 1. The number of rotatable bonds is 4. The van der Waals surface area contributed by atoms with Gasteiger partial charge in [0.2, 0.25) is 5.91 Å². The predicted octanol–water partition coefficient (Wildman–Crippen LogP) is 3.87. The molecule has 0 radical (unpaired) electrons. The van der Waals surface area contributed by atoms with Crippen LogP contribution in [0.4, 0.5) is 5.69 Å². The molecule has 0 unspecified atom stereocenters. The number of piperidine rings is 1. The molecular weight excluding hydrogens is 348 g/mol. The summed E-state index contributed by atoms with van der Waals surface area (Å²) in [5.74, 6) is -0.0863. The highest BCUT2D eigenvalue weighted by atomic mass is 35.5. The number of carbonyl (C=O) groups is 2. The van der Waals surface area contributed by atoms with Gasteiger partial charge in [-0.15, -0.1) is 11.6 Å². The van der Waals surface area contributed by atoms with Crippen LogP contribution in [0, 0.1) is 6.92 Å². The zero-order valence-electron chi connectivity index (χ0n) is 14.9. The van der Waals surface area contributed by atoms with Gasteiger partial charge in [-0.2, -0.15) is 0 Å². The molecule has 3 rings (SSSR count). The van der Waals surface area contributed by atoms with E-state index >= 15 is 0 Å². The summed E-state index contributed by atoms with van der Waals surface area (Å²) >= 11 is 5.83. The normalized spacial score (nSPS) is 14.9. The monoisotopic (exact) mass is 370 g/mol. The van der Waals surface area contributed by atoms with E-state index in [1.54, 1.807) is 4.90 Å². The van der Waals surface area contributed by atoms with Crippen LogP contribution < -0.4 is 4.90 Å². The van der Waals surface area contributed by atoms with E-state index in [0.29, 0.717) is 18.7 Å². The predicted molar refractivity (Wildman–Crippen MR) is 105 cm³/mol. The van der Waals surface area contributed by atoms with Gasteiger partial charge in [0.25, 0.3) is 5.91 Å². The molecule has 2 aromatic rings. The molecule has 0 bridgehead atoms. The van der Waals surface area contributed by atoms with Crippen molar-refractivity contribution in [3.8, 4) is 0 Å². The number of benzene rings is 2. The average molecular weight is 371 g/mol.